The normalized spacial score (nSPS) is 20.9. The molecule has 1 amide bonds. The van der Waals surface area contributed by atoms with Crippen LogP contribution in [0.15, 0.2) is 48.5 Å². The highest BCUT2D eigenvalue weighted by Crippen LogP contribution is 2.48. The molecule has 1 aliphatic carbocycles. The monoisotopic (exact) mass is 535 g/mol. The van der Waals surface area contributed by atoms with E-state index in [1.807, 2.05) is 44.3 Å². The predicted molar refractivity (Wildman–Crippen MR) is 155 cm³/mol. The van der Waals surface area contributed by atoms with Crippen LogP contribution in [0, 0.1) is 5.92 Å². The fourth-order valence-electron chi connectivity index (χ4n) is 5.84. The lowest BCUT2D eigenvalue weighted by atomic mass is 9.87. The van der Waals surface area contributed by atoms with Crippen LogP contribution in [0.1, 0.15) is 68.6 Å². The standard InChI is InChI=1S/C32H45N3O4/c1-5-21-38-31(36)14-16-34-17-19-35(20-18-34)27-11-12-29-28(24(2)25(3)30(29)22-27)13-15-33(4)32(37)39-23-26-9-7-6-8-10-26/h6-12,22,24-25,28H,5,13-21,23H2,1-4H3/t24-,25?,28?/m1/s1. The first-order valence-electron chi connectivity index (χ1n) is 14.6. The lowest BCUT2D eigenvalue weighted by Gasteiger charge is -2.36. The van der Waals surface area contributed by atoms with Crippen LogP contribution >= 0.6 is 0 Å². The quantitative estimate of drug-likeness (QED) is 0.347. The van der Waals surface area contributed by atoms with E-state index in [0.29, 0.717) is 43.9 Å². The molecular weight excluding hydrogens is 490 g/mol. The molecule has 1 heterocycles. The summed E-state index contributed by atoms with van der Waals surface area (Å²) in [5.74, 6) is 1.34. The van der Waals surface area contributed by atoms with Crippen molar-refractivity contribution in [2.75, 3.05) is 57.8 Å². The Morgan fingerprint density at radius 3 is 2.44 bits per heavy atom. The molecule has 3 atom stereocenters. The third-order valence-corrected chi connectivity index (χ3v) is 8.51. The molecule has 2 aromatic rings. The summed E-state index contributed by atoms with van der Waals surface area (Å²) >= 11 is 0. The molecule has 1 fully saturated rings. The van der Waals surface area contributed by atoms with Crippen molar-refractivity contribution >= 4 is 17.7 Å². The van der Waals surface area contributed by atoms with Crippen molar-refractivity contribution in [1.29, 1.82) is 0 Å². The van der Waals surface area contributed by atoms with Gasteiger partial charge in [-0.2, -0.15) is 0 Å². The number of fused-ring (bicyclic) bond motifs is 1. The minimum absolute atomic E-state index is 0.0918. The van der Waals surface area contributed by atoms with Gasteiger partial charge in [-0.3, -0.25) is 9.69 Å². The molecule has 7 nitrogen and oxygen atoms in total. The summed E-state index contributed by atoms with van der Waals surface area (Å²) in [7, 11) is 1.83. The van der Waals surface area contributed by atoms with E-state index in [4.69, 9.17) is 9.47 Å². The largest absolute Gasteiger partial charge is 0.466 e. The first kappa shape index (κ1) is 28.9. The second kappa shape index (κ2) is 13.8. The summed E-state index contributed by atoms with van der Waals surface area (Å²) in [6, 6.07) is 16.8. The van der Waals surface area contributed by atoms with Crippen LogP contribution in [-0.2, 0) is 20.9 Å². The number of hydrogen-bond donors (Lipinski definition) is 0. The van der Waals surface area contributed by atoms with Crippen molar-refractivity contribution in [3.8, 4) is 0 Å². The van der Waals surface area contributed by atoms with Gasteiger partial charge < -0.3 is 19.3 Å². The van der Waals surface area contributed by atoms with Crippen LogP contribution in [0.2, 0.25) is 0 Å². The predicted octanol–water partition coefficient (Wildman–Crippen LogP) is 5.65. The maximum absolute atomic E-state index is 12.5. The highest BCUT2D eigenvalue weighted by Gasteiger charge is 2.36. The van der Waals surface area contributed by atoms with E-state index in [-0.39, 0.29) is 12.1 Å². The number of carbonyl (C=O) groups is 2. The summed E-state index contributed by atoms with van der Waals surface area (Å²) in [6.45, 7) is 12.8. The van der Waals surface area contributed by atoms with E-state index in [2.05, 4.69) is 41.8 Å². The van der Waals surface area contributed by atoms with Gasteiger partial charge in [-0.05, 0) is 59.4 Å². The van der Waals surface area contributed by atoms with E-state index in [1.165, 1.54) is 16.8 Å². The van der Waals surface area contributed by atoms with Crippen molar-refractivity contribution in [3.63, 3.8) is 0 Å². The molecule has 0 radical (unpaired) electrons. The summed E-state index contributed by atoms with van der Waals surface area (Å²) in [6.07, 6.45) is 1.98. The third-order valence-electron chi connectivity index (χ3n) is 8.51. The molecule has 39 heavy (non-hydrogen) atoms. The van der Waals surface area contributed by atoms with Crippen molar-refractivity contribution < 1.29 is 19.1 Å². The molecule has 7 heteroatoms. The smallest absolute Gasteiger partial charge is 0.409 e. The fraction of sp³-hybridized carbons (Fsp3) is 0.562. The maximum Gasteiger partial charge on any atom is 0.409 e. The number of hydrogen-bond acceptors (Lipinski definition) is 6. The lowest BCUT2D eigenvalue weighted by Crippen LogP contribution is -2.47. The van der Waals surface area contributed by atoms with Crippen LogP contribution in [0.25, 0.3) is 0 Å². The Balaban J connectivity index is 1.27. The Hall–Kier alpha value is -3.06. The van der Waals surface area contributed by atoms with Crippen molar-refractivity contribution in [2.45, 2.75) is 58.5 Å². The molecule has 2 aliphatic rings. The Morgan fingerprint density at radius 1 is 0.974 bits per heavy atom. The molecule has 2 unspecified atom stereocenters. The van der Waals surface area contributed by atoms with E-state index in [0.717, 1.165) is 51.1 Å². The van der Waals surface area contributed by atoms with Crippen LogP contribution in [0.3, 0.4) is 0 Å². The number of piperazine rings is 1. The molecule has 2 aromatic carbocycles. The first-order chi connectivity index (χ1) is 18.9. The number of benzene rings is 2. The van der Waals surface area contributed by atoms with Gasteiger partial charge >= 0.3 is 12.1 Å². The number of nitrogens with zero attached hydrogens (tertiary/aromatic N) is 3. The molecule has 1 saturated heterocycles. The average molecular weight is 536 g/mol. The van der Waals surface area contributed by atoms with Crippen LogP contribution < -0.4 is 4.90 Å². The molecule has 0 N–H and O–H groups in total. The first-order valence-corrected chi connectivity index (χ1v) is 14.6. The van der Waals surface area contributed by atoms with Crippen molar-refractivity contribution in [2.24, 2.45) is 5.92 Å². The summed E-state index contributed by atoms with van der Waals surface area (Å²) in [4.78, 5) is 30.9. The number of anilines is 1. The molecule has 4 rings (SSSR count). The van der Waals surface area contributed by atoms with E-state index >= 15 is 0 Å². The zero-order valence-electron chi connectivity index (χ0n) is 24.1. The number of carbonyl (C=O) groups excluding carboxylic acids is 2. The van der Waals surface area contributed by atoms with Gasteiger partial charge in [0.15, 0.2) is 0 Å². The Bertz CT molecular complexity index is 1080. The minimum Gasteiger partial charge on any atom is -0.466 e. The Kier molecular flexibility index (Phi) is 10.3. The molecular formula is C32H45N3O4. The average Bonchev–Trinajstić information content (AvgIpc) is 3.21. The second-order valence-electron chi connectivity index (χ2n) is 11.1. The minimum atomic E-state index is -0.273. The number of rotatable bonds is 11. The van der Waals surface area contributed by atoms with E-state index < -0.39 is 0 Å². The highest BCUT2D eigenvalue weighted by molar-refractivity contribution is 5.69. The number of amides is 1. The Morgan fingerprint density at radius 2 is 1.72 bits per heavy atom. The Labute approximate surface area is 234 Å². The van der Waals surface area contributed by atoms with Crippen LogP contribution in [0.4, 0.5) is 10.5 Å². The van der Waals surface area contributed by atoms with Gasteiger partial charge in [0.2, 0.25) is 0 Å². The number of esters is 1. The lowest BCUT2D eigenvalue weighted by molar-refractivity contribution is -0.144. The van der Waals surface area contributed by atoms with Gasteiger partial charge in [0.1, 0.15) is 6.61 Å². The van der Waals surface area contributed by atoms with Crippen molar-refractivity contribution in [3.05, 3.63) is 65.2 Å². The SMILES string of the molecule is CCCOC(=O)CCN1CCN(c2ccc3c(c2)C(C)[C@@H](C)C3CCN(C)C(=O)OCc2ccccc2)CC1. The fourth-order valence-corrected chi connectivity index (χ4v) is 5.84. The molecule has 0 aromatic heterocycles. The van der Waals surface area contributed by atoms with E-state index in [9.17, 15) is 9.59 Å². The van der Waals surface area contributed by atoms with Gasteiger partial charge in [0.05, 0.1) is 13.0 Å². The maximum atomic E-state index is 12.5. The third kappa shape index (κ3) is 7.53. The van der Waals surface area contributed by atoms with Crippen LogP contribution in [0.5, 0.6) is 0 Å². The van der Waals surface area contributed by atoms with E-state index in [1.54, 1.807) is 4.90 Å². The van der Waals surface area contributed by atoms with Crippen LogP contribution in [-0.4, -0.2) is 74.8 Å². The second-order valence-corrected chi connectivity index (χ2v) is 11.1. The van der Waals surface area contributed by atoms with Gasteiger partial charge in [0, 0.05) is 52.0 Å². The van der Waals surface area contributed by atoms with Crippen molar-refractivity contribution in [1.82, 2.24) is 9.80 Å². The topological polar surface area (TPSA) is 62.3 Å². The summed E-state index contributed by atoms with van der Waals surface area (Å²) in [5, 5.41) is 0. The van der Waals surface area contributed by atoms with Gasteiger partial charge in [-0.25, -0.2) is 4.79 Å². The molecule has 0 bridgehead atoms. The molecule has 212 valence electrons. The number of ether oxygens (including phenoxy) is 2. The molecule has 0 spiro atoms. The molecule has 1 aliphatic heterocycles. The zero-order valence-corrected chi connectivity index (χ0v) is 24.1. The zero-order chi connectivity index (χ0) is 27.8. The highest BCUT2D eigenvalue weighted by atomic mass is 16.6. The van der Waals surface area contributed by atoms with Gasteiger partial charge in [-0.1, -0.05) is 57.2 Å². The van der Waals surface area contributed by atoms with Gasteiger partial charge in [-0.15, -0.1) is 0 Å². The summed E-state index contributed by atoms with van der Waals surface area (Å²) < 4.78 is 10.7. The van der Waals surface area contributed by atoms with Gasteiger partial charge in [0.25, 0.3) is 0 Å². The molecule has 0 saturated carbocycles. The summed E-state index contributed by atoms with van der Waals surface area (Å²) in [5.41, 5.74) is 5.15.